The number of carbonyl (C=O) groups is 1. The second kappa shape index (κ2) is 7.92. The Hall–Kier alpha value is -3.39. The van der Waals surface area contributed by atoms with E-state index >= 15 is 0 Å². The summed E-state index contributed by atoms with van der Waals surface area (Å²) in [6.45, 7) is 1.84. The van der Waals surface area contributed by atoms with E-state index in [-0.39, 0.29) is 23.2 Å². The molecule has 5 nitrogen and oxygen atoms in total. The lowest BCUT2D eigenvalue weighted by atomic mass is 10.2. The predicted molar refractivity (Wildman–Crippen MR) is 107 cm³/mol. The highest BCUT2D eigenvalue weighted by molar-refractivity contribution is 7.10. The van der Waals surface area contributed by atoms with Gasteiger partial charge in [0.1, 0.15) is 16.5 Å². The van der Waals surface area contributed by atoms with Crippen molar-refractivity contribution in [1.29, 1.82) is 0 Å². The third-order valence-electron chi connectivity index (χ3n) is 4.31. The van der Waals surface area contributed by atoms with Crippen molar-refractivity contribution in [2.45, 2.75) is 13.0 Å². The van der Waals surface area contributed by atoms with Crippen LogP contribution >= 0.6 is 11.3 Å². The Morgan fingerprint density at radius 3 is 2.72 bits per heavy atom. The molecular formula is C21H16F2N4OS. The molecule has 0 aliphatic carbocycles. The zero-order chi connectivity index (χ0) is 20.4. The summed E-state index contributed by atoms with van der Waals surface area (Å²) in [6.07, 6.45) is 2.73. The van der Waals surface area contributed by atoms with Crippen molar-refractivity contribution in [2.75, 3.05) is 0 Å². The number of hydrogen-bond donors (Lipinski definition) is 1. The first-order valence-electron chi connectivity index (χ1n) is 8.83. The van der Waals surface area contributed by atoms with Crippen molar-refractivity contribution < 1.29 is 13.6 Å². The molecule has 29 heavy (non-hydrogen) atoms. The quantitative estimate of drug-likeness (QED) is 0.516. The summed E-state index contributed by atoms with van der Waals surface area (Å²) in [5.41, 5.74) is 2.19. The van der Waals surface area contributed by atoms with Crippen LogP contribution in [-0.4, -0.2) is 20.7 Å². The topological polar surface area (TPSA) is 59.8 Å². The standard InChI is InChI=1S/C21H16F2N4OS/c1-13(21-26-18(12-29-21)14-5-3-2-4-6-14)25-20(28)15-10-24-27(11-15)19-8-7-16(22)9-17(19)23/h2-13H,1H3,(H,25,28). The largest absolute Gasteiger partial charge is 0.343 e. The number of hydrogen-bond acceptors (Lipinski definition) is 4. The van der Waals surface area contributed by atoms with Crippen LogP contribution in [0.2, 0.25) is 0 Å². The summed E-state index contributed by atoms with van der Waals surface area (Å²) >= 11 is 1.46. The first-order chi connectivity index (χ1) is 14.0. The average Bonchev–Trinajstić information content (AvgIpc) is 3.39. The SMILES string of the molecule is CC(NC(=O)c1cnn(-c2ccc(F)cc2F)c1)c1nc(-c2ccccc2)cs1. The second-order valence-corrected chi connectivity index (χ2v) is 7.29. The Morgan fingerprint density at radius 1 is 1.17 bits per heavy atom. The molecule has 2 heterocycles. The molecule has 4 aromatic rings. The van der Waals surface area contributed by atoms with Gasteiger partial charge in [-0.3, -0.25) is 4.79 Å². The average molecular weight is 410 g/mol. The number of carbonyl (C=O) groups excluding carboxylic acids is 1. The normalized spacial score (nSPS) is 12.0. The number of benzene rings is 2. The Labute approximate surface area is 169 Å². The van der Waals surface area contributed by atoms with Crippen LogP contribution in [0.5, 0.6) is 0 Å². The Morgan fingerprint density at radius 2 is 1.97 bits per heavy atom. The fourth-order valence-electron chi connectivity index (χ4n) is 2.81. The van der Waals surface area contributed by atoms with E-state index in [2.05, 4.69) is 15.4 Å². The van der Waals surface area contributed by atoms with Crippen molar-refractivity contribution in [3.63, 3.8) is 0 Å². The lowest BCUT2D eigenvalue weighted by Crippen LogP contribution is -2.26. The van der Waals surface area contributed by atoms with Crippen LogP contribution in [0.15, 0.2) is 66.3 Å². The van der Waals surface area contributed by atoms with Gasteiger partial charge in [0, 0.05) is 23.2 Å². The molecule has 0 fully saturated rings. The molecule has 0 saturated carbocycles. The van der Waals surface area contributed by atoms with Gasteiger partial charge in [-0.05, 0) is 19.1 Å². The summed E-state index contributed by atoms with van der Waals surface area (Å²) in [7, 11) is 0. The zero-order valence-electron chi connectivity index (χ0n) is 15.3. The fraction of sp³-hybridized carbons (Fsp3) is 0.0952. The summed E-state index contributed by atoms with van der Waals surface area (Å²) < 4.78 is 28.2. The molecule has 0 radical (unpaired) electrons. The molecule has 0 aliphatic rings. The third kappa shape index (κ3) is 4.07. The van der Waals surface area contributed by atoms with E-state index in [9.17, 15) is 13.6 Å². The van der Waals surface area contributed by atoms with Crippen LogP contribution in [0.3, 0.4) is 0 Å². The predicted octanol–water partition coefficient (Wildman–Crippen LogP) is 4.77. The minimum absolute atomic E-state index is 0.0610. The van der Waals surface area contributed by atoms with Gasteiger partial charge in [-0.25, -0.2) is 18.4 Å². The van der Waals surface area contributed by atoms with Gasteiger partial charge in [-0.1, -0.05) is 30.3 Å². The lowest BCUT2D eigenvalue weighted by Gasteiger charge is -2.10. The molecule has 0 aliphatic heterocycles. The van der Waals surface area contributed by atoms with Crippen molar-refractivity contribution in [3.8, 4) is 16.9 Å². The van der Waals surface area contributed by atoms with Gasteiger partial charge in [0.2, 0.25) is 0 Å². The van der Waals surface area contributed by atoms with Crippen LogP contribution in [0.1, 0.15) is 28.3 Å². The third-order valence-corrected chi connectivity index (χ3v) is 5.34. The molecule has 1 atom stereocenters. The molecule has 2 aromatic carbocycles. The fourth-order valence-corrected chi connectivity index (χ4v) is 3.64. The Kier molecular flexibility index (Phi) is 5.18. The molecule has 2 aromatic heterocycles. The van der Waals surface area contributed by atoms with Crippen LogP contribution in [0.4, 0.5) is 8.78 Å². The van der Waals surface area contributed by atoms with Gasteiger partial charge in [0.05, 0.1) is 23.5 Å². The maximum absolute atomic E-state index is 13.9. The maximum atomic E-state index is 13.9. The molecular weight excluding hydrogens is 394 g/mol. The van der Waals surface area contributed by atoms with E-state index in [0.29, 0.717) is 0 Å². The molecule has 0 saturated heterocycles. The van der Waals surface area contributed by atoms with Crippen LogP contribution in [-0.2, 0) is 0 Å². The molecule has 146 valence electrons. The molecule has 4 rings (SSSR count). The number of rotatable bonds is 5. The van der Waals surface area contributed by atoms with E-state index in [1.807, 2.05) is 42.6 Å². The molecule has 1 amide bonds. The van der Waals surface area contributed by atoms with Gasteiger partial charge in [-0.15, -0.1) is 11.3 Å². The first kappa shape index (κ1) is 18.9. The van der Waals surface area contributed by atoms with Gasteiger partial charge in [-0.2, -0.15) is 5.10 Å². The van der Waals surface area contributed by atoms with E-state index in [0.717, 1.165) is 28.4 Å². The minimum atomic E-state index is -0.760. The number of halogens is 2. The summed E-state index contributed by atoms with van der Waals surface area (Å²) in [5, 5.41) is 9.59. The Bertz CT molecular complexity index is 1160. The van der Waals surface area contributed by atoms with Crippen LogP contribution < -0.4 is 5.32 Å². The van der Waals surface area contributed by atoms with E-state index in [1.165, 1.54) is 34.5 Å². The summed E-state index contributed by atoms with van der Waals surface area (Å²) in [6, 6.07) is 12.6. The highest BCUT2D eigenvalue weighted by atomic mass is 32.1. The number of thiazole rings is 1. The highest BCUT2D eigenvalue weighted by Crippen LogP contribution is 2.25. The van der Waals surface area contributed by atoms with Crippen molar-refractivity contribution in [1.82, 2.24) is 20.1 Å². The van der Waals surface area contributed by atoms with E-state index < -0.39 is 11.6 Å². The number of nitrogens with zero attached hydrogens (tertiary/aromatic N) is 3. The Balaban J connectivity index is 1.47. The summed E-state index contributed by atoms with van der Waals surface area (Å²) in [5.74, 6) is -1.80. The summed E-state index contributed by atoms with van der Waals surface area (Å²) in [4.78, 5) is 17.1. The molecule has 1 N–H and O–H groups in total. The number of nitrogens with one attached hydrogen (secondary N) is 1. The van der Waals surface area contributed by atoms with Crippen molar-refractivity contribution in [2.24, 2.45) is 0 Å². The van der Waals surface area contributed by atoms with Crippen molar-refractivity contribution >= 4 is 17.2 Å². The second-order valence-electron chi connectivity index (χ2n) is 6.40. The molecule has 0 bridgehead atoms. The van der Waals surface area contributed by atoms with Crippen LogP contribution in [0, 0.1) is 11.6 Å². The minimum Gasteiger partial charge on any atom is -0.343 e. The zero-order valence-corrected chi connectivity index (χ0v) is 16.2. The van der Waals surface area contributed by atoms with Gasteiger partial charge >= 0.3 is 0 Å². The van der Waals surface area contributed by atoms with Gasteiger partial charge < -0.3 is 5.32 Å². The number of amides is 1. The van der Waals surface area contributed by atoms with E-state index in [4.69, 9.17) is 0 Å². The number of aromatic nitrogens is 3. The van der Waals surface area contributed by atoms with Crippen molar-refractivity contribution in [3.05, 3.63) is 88.5 Å². The molecule has 1 unspecified atom stereocenters. The maximum Gasteiger partial charge on any atom is 0.255 e. The highest BCUT2D eigenvalue weighted by Gasteiger charge is 2.17. The lowest BCUT2D eigenvalue weighted by molar-refractivity contribution is 0.0940. The van der Waals surface area contributed by atoms with Gasteiger partial charge in [0.25, 0.3) is 5.91 Å². The first-order valence-corrected chi connectivity index (χ1v) is 9.71. The smallest absolute Gasteiger partial charge is 0.255 e. The molecule has 8 heteroatoms. The van der Waals surface area contributed by atoms with E-state index in [1.54, 1.807) is 0 Å². The molecule has 0 spiro atoms. The van der Waals surface area contributed by atoms with Crippen LogP contribution in [0.25, 0.3) is 16.9 Å². The monoisotopic (exact) mass is 410 g/mol. The van der Waals surface area contributed by atoms with Gasteiger partial charge in [0.15, 0.2) is 5.82 Å².